The normalized spacial score (nSPS) is 33.7. The molecule has 19 heavy (non-hydrogen) atoms. The fraction of sp³-hybridized carbons (Fsp3) is 1.00. The molecule has 0 radical (unpaired) electrons. The van der Waals surface area contributed by atoms with E-state index in [0.29, 0.717) is 19.6 Å². The first-order valence-corrected chi connectivity index (χ1v) is 8.90. The Morgan fingerprint density at radius 1 is 1.26 bits per heavy atom. The van der Waals surface area contributed by atoms with E-state index in [1.165, 1.54) is 0 Å². The molecule has 6 heteroatoms. The van der Waals surface area contributed by atoms with E-state index < -0.39 is 9.84 Å². The van der Waals surface area contributed by atoms with Crippen LogP contribution in [0.1, 0.15) is 33.1 Å². The molecule has 0 aromatic rings. The predicted molar refractivity (Wildman–Crippen MR) is 74.0 cm³/mol. The van der Waals surface area contributed by atoms with Gasteiger partial charge in [-0.15, -0.1) is 0 Å². The minimum atomic E-state index is -3.06. The quantitative estimate of drug-likeness (QED) is 0.782. The summed E-state index contributed by atoms with van der Waals surface area (Å²) in [5.74, 6) is 0.183. The van der Waals surface area contributed by atoms with Gasteiger partial charge in [0.15, 0.2) is 9.84 Å². The summed E-state index contributed by atoms with van der Waals surface area (Å²) in [6.45, 7) is 5.78. The Labute approximate surface area is 116 Å². The average molecular weight is 291 g/mol. The molecule has 4 atom stereocenters. The number of nitrogens with one attached hydrogen (secondary N) is 1. The van der Waals surface area contributed by atoms with Crippen LogP contribution in [0, 0.1) is 0 Å². The summed E-state index contributed by atoms with van der Waals surface area (Å²) in [7, 11) is -3.06. The second-order valence-corrected chi connectivity index (χ2v) is 7.90. The van der Waals surface area contributed by atoms with Crippen molar-refractivity contribution < 1.29 is 17.9 Å². The summed E-state index contributed by atoms with van der Waals surface area (Å²) in [5.41, 5.74) is 0. The molecule has 2 rings (SSSR count). The molecule has 2 fully saturated rings. The van der Waals surface area contributed by atoms with Crippen molar-refractivity contribution in [1.29, 1.82) is 0 Å². The lowest BCUT2D eigenvalue weighted by atomic mass is 10.1. The van der Waals surface area contributed by atoms with Gasteiger partial charge in [0.25, 0.3) is 0 Å². The smallest absolute Gasteiger partial charge is 0.157 e. The molecule has 2 aliphatic rings. The van der Waals surface area contributed by atoms with Crippen molar-refractivity contribution in [3.8, 4) is 0 Å². The number of hydrogen-bond acceptors (Lipinski definition) is 5. The lowest BCUT2D eigenvalue weighted by molar-refractivity contribution is 0.0843. The summed E-state index contributed by atoms with van der Waals surface area (Å²) < 4.78 is 35.3. The molecule has 0 aliphatic carbocycles. The monoisotopic (exact) mass is 291 g/mol. The molecule has 4 unspecified atom stereocenters. The van der Waals surface area contributed by atoms with Gasteiger partial charge in [-0.05, 0) is 33.1 Å². The maximum absolute atomic E-state index is 12.2. The first kappa shape index (κ1) is 15.2. The van der Waals surface area contributed by atoms with Gasteiger partial charge in [0.2, 0.25) is 0 Å². The Bertz CT molecular complexity index is 378. The number of sulfone groups is 1. The maximum Gasteiger partial charge on any atom is 0.157 e. The second kappa shape index (κ2) is 6.52. The molecule has 0 amide bonds. The van der Waals surface area contributed by atoms with Crippen LogP contribution in [0.2, 0.25) is 0 Å². The standard InChI is InChI=1S/C13H25NO4S/c1-10(12-4-3-7-18-12)14-6-9-19(15,16)13-5-8-17-11(13)2/h10-14H,3-9H2,1-2H3. The van der Waals surface area contributed by atoms with Crippen LogP contribution in [0.5, 0.6) is 0 Å². The fourth-order valence-corrected chi connectivity index (χ4v) is 4.72. The second-order valence-electron chi connectivity index (χ2n) is 5.56. The van der Waals surface area contributed by atoms with E-state index in [4.69, 9.17) is 9.47 Å². The highest BCUT2D eigenvalue weighted by Gasteiger charge is 2.35. The molecule has 0 saturated carbocycles. The molecule has 2 aliphatic heterocycles. The van der Waals surface area contributed by atoms with Crippen molar-refractivity contribution in [2.45, 2.75) is 56.6 Å². The molecule has 2 heterocycles. The van der Waals surface area contributed by atoms with Crippen LogP contribution in [-0.2, 0) is 19.3 Å². The Hall–Kier alpha value is -0.170. The van der Waals surface area contributed by atoms with Crippen molar-refractivity contribution in [1.82, 2.24) is 5.32 Å². The van der Waals surface area contributed by atoms with Gasteiger partial charge in [0.1, 0.15) is 0 Å². The van der Waals surface area contributed by atoms with E-state index in [-0.39, 0.29) is 29.3 Å². The maximum atomic E-state index is 12.2. The van der Waals surface area contributed by atoms with Crippen molar-refractivity contribution in [2.24, 2.45) is 0 Å². The molecule has 1 N–H and O–H groups in total. The van der Waals surface area contributed by atoms with Crippen LogP contribution >= 0.6 is 0 Å². The third kappa shape index (κ3) is 3.90. The van der Waals surface area contributed by atoms with Gasteiger partial charge in [0, 0.05) is 25.8 Å². The SMILES string of the molecule is CC(NCCS(=O)(=O)C1CCOC1C)C1CCCO1. The van der Waals surface area contributed by atoms with Gasteiger partial charge in [-0.1, -0.05) is 0 Å². The van der Waals surface area contributed by atoms with Crippen molar-refractivity contribution in [2.75, 3.05) is 25.5 Å². The Morgan fingerprint density at radius 2 is 2.05 bits per heavy atom. The van der Waals surface area contributed by atoms with Gasteiger partial charge in [-0.3, -0.25) is 0 Å². The van der Waals surface area contributed by atoms with Crippen LogP contribution in [0.4, 0.5) is 0 Å². The highest BCUT2D eigenvalue weighted by Crippen LogP contribution is 2.21. The molecule has 5 nitrogen and oxygen atoms in total. The number of ether oxygens (including phenoxy) is 2. The molecular weight excluding hydrogens is 266 g/mol. The molecule has 0 aromatic heterocycles. The summed E-state index contributed by atoms with van der Waals surface area (Å²) in [4.78, 5) is 0. The van der Waals surface area contributed by atoms with Crippen LogP contribution in [0.15, 0.2) is 0 Å². The first-order valence-electron chi connectivity index (χ1n) is 7.19. The fourth-order valence-electron chi connectivity index (χ4n) is 2.89. The Balaban J connectivity index is 1.75. The molecule has 0 spiro atoms. The first-order chi connectivity index (χ1) is 9.00. The number of hydrogen-bond donors (Lipinski definition) is 1. The van der Waals surface area contributed by atoms with E-state index in [1.54, 1.807) is 0 Å². The molecule has 112 valence electrons. The third-order valence-corrected chi connectivity index (χ3v) is 6.46. The summed E-state index contributed by atoms with van der Waals surface area (Å²) in [6.07, 6.45) is 2.86. The van der Waals surface area contributed by atoms with Gasteiger partial charge in [0.05, 0.1) is 23.2 Å². The minimum Gasteiger partial charge on any atom is -0.377 e. The van der Waals surface area contributed by atoms with E-state index in [2.05, 4.69) is 12.2 Å². The molecule has 0 bridgehead atoms. The topological polar surface area (TPSA) is 64.6 Å². The lowest BCUT2D eigenvalue weighted by Crippen LogP contribution is -2.41. The summed E-state index contributed by atoms with van der Waals surface area (Å²) in [5, 5.41) is 2.95. The Morgan fingerprint density at radius 3 is 2.63 bits per heavy atom. The largest absolute Gasteiger partial charge is 0.377 e. The highest BCUT2D eigenvalue weighted by atomic mass is 32.2. The summed E-state index contributed by atoms with van der Waals surface area (Å²) in [6, 6.07) is 0.218. The van der Waals surface area contributed by atoms with E-state index in [9.17, 15) is 8.42 Å². The zero-order valence-corrected chi connectivity index (χ0v) is 12.6. The number of rotatable bonds is 6. The average Bonchev–Trinajstić information content (AvgIpc) is 2.98. The van der Waals surface area contributed by atoms with Crippen LogP contribution in [0.25, 0.3) is 0 Å². The minimum absolute atomic E-state index is 0.166. The van der Waals surface area contributed by atoms with Crippen LogP contribution in [-0.4, -0.2) is 57.4 Å². The molecular formula is C13H25NO4S. The van der Waals surface area contributed by atoms with Gasteiger partial charge in [-0.2, -0.15) is 0 Å². The molecule has 2 saturated heterocycles. The van der Waals surface area contributed by atoms with Gasteiger partial charge >= 0.3 is 0 Å². The highest BCUT2D eigenvalue weighted by molar-refractivity contribution is 7.92. The van der Waals surface area contributed by atoms with Crippen molar-refractivity contribution in [3.05, 3.63) is 0 Å². The van der Waals surface area contributed by atoms with E-state index in [1.807, 2.05) is 6.92 Å². The zero-order valence-electron chi connectivity index (χ0n) is 11.8. The lowest BCUT2D eigenvalue weighted by Gasteiger charge is -2.21. The zero-order chi connectivity index (χ0) is 13.9. The third-order valence-electron chi connectivity index (χ3n) is 4.14. The predicted octanol–water partition coefficient (Wildman–Crippen LogP) is 0.736. The molecule has 0 aromatic carbocycles. The van der Waals surface area contributed by atoms with Crippen molar-refractivity contribution in [3.63, 3.8) is 0 Å². The van der Waals surface area contributed by atoms with Gasteiger partial charge < -0.3 is 14.8 Å². The van der Waals surface area contributed by atoms with Crippen molar-refractivity contribution >= 4 is 9.84 Å². The van der Waals surface area contributed by atoms with E-state index >= 15 is 0 Å². The van der Waals surface area contributed by atoms with Crippen LogP contribution in [0.3, 0.4) is 0 Å². The Kier molecular flexibility index (Phi) is 5.22. The van der Waals surface area contributed by atoms with E-state index in [0.717, 1.165) is 19.4 Å². The summed E-state index contributed by atoms with van der Waals surface area (Å²) >= 11 is 0. The van der Waals surface area contributed by atoms with Crippen LogP contribution < -0.4 is 5.32 Å². The van der Waals surface area contributed by atoms with Gasteiger partial charge in [-0.25, -0.2) is 8.42 Å².